The second-order valence-electron chi connectivity index (χ2n) is 7.11. The lowest BCUT2D eigenvalue weighted by Gasteiger charge is -2.15. The summed E-state index contributed by atoms with van der Waals surface area (Å²) in [4.78, 5) is 39.0. The highest BCUT2D eigenvalue weighted by molar-refractivity contribution is 14.1. The van der Waals surface area contributed by atoms with Crippen LogP contribution in [0.25, 0.3) is 6.08 Å². The number of terminal acetylenes is 1. The van der Waals surface area contributed by atoms with E-state index in [1.807, 2.05) is 32.0 Å². The van der Waals surface area contributed by atoms with E-state index in [4.69, 9.17) is 15.9 Å². The van der Waals surface area contributed by atoms with Crippen LogP contribution < -0.4 is 14.8 Å². The molecule has 0 aliphatic carbocycles. The van der Waals surface area contributed by atoms with Crippen molar-refractivity contribution in [3.63, 3.8) is 0 Å². The number of amides is 3. The van der Waals surface area contributed by atoms with Crippen molar-refractivity contribution < 1.29 is 23.9 Å². The Hall–Kier alpha value is -2.97. The Morgan fingerprint density at radius 2 is 1.97 bits per heavy atom. The molecule has 0 spiro atoms. The zero-order valence-electron chi connectivity index (χ0n) is 18.2. The van der Waals surface area contributed by atoms with Crippen LogP contribution in [-0.4, -0.2) is 42.2 Å². The Kier molecular flexibility index (Phi) is 8.05. The predicted molar refractivity (Wildman–Crippen MR) is 137 cm³/mol. The van der Waals surface area contributed by atoms with E-state index in [0.29, 0.717) is 22.7 Å². The first kappa shape index (κ1) is 24.7. The standard InChI is InChI=1S/C24H21IN2O5S/c1-5-9-32-22-17(25)10-16(11-18(22)31-4)12-19-23(29)27(24(30)33-19)13-20(28)26-21-14(2)7-6-8-15(21)3/h1,6-8,10-12H,9,13H2,2-4H3,(H,26,28)/b19-12+. The van der Waals surface area contributed by atoms with Crippen LogP contribution in [0.2, 0.25) is 0 Å². The first-order chi connectivity index (χ1) is 15.7. The molecule has 2 aromatic carbocycles. The van der Waals surface area contributed by atoms with E-state index in [9.17, 15) is 14.4 Å². The minimum absolute atomic E-state index is 0.0920. The van der Waals surface area contributed by atoms with E-state index in [-0.39, 0.29) is 18.1 Å². The van der Waals surface area contributed by atoms with Crippen molar-refractivity contribution in [2.24, 2.45) is 0 Å². The Morgan fingerprint density at radius 1 is 1.27 bits per heavy atom. The quantitative estimate of drug-likeness (QED) is 0.295. The molecule has 0 unspecified atom stereocenters. The molecule has 1 saturated heterocycles. The molecule has 0 saturated carbocycles. The molecule has 1 fully saturated rings. The Bertz CT molecular complexity index is 1180. The number of carbonyl (C=O) groups is 3. The number of imide groups is 1. The van der Waals surface area contributed by atoms with Crippen LogP contribution in [0.15, 0.2) is 35.2 Å². The molecule has 33 heavy (non-hydrogen) atoms. The van der Waals surface area contributed by atoms with Crippen molar-refractivity contribution in [3.05, 3.63) is 55.5 Å². The number of halogens is 1. The average molecular weight is 576 g/mol. The molecule has 3 amide bonds. The van der Waals surface area contributed by atoms with E-state index in [1.165, 1.54) is 7.11 Å². The van der Waals surface area contributed by atoms with E-state index in [1.54, 1.807) is 18.2 Å². The summed E-state index contributed by atoms with van der Waals surface area (Å²) in [6.45, 7) is 3.48. The van der Waals surface area contributed by atoms with Crippen LogP contribution in [0.4, 0.5) is 10.5 Å². The monoisotopic (exact) mass is 576 g/mol. The summed E-state index contributed by atoms with van der Waals surface area (Å²) < 4.78 is 11.6. The minimum atomic E-state index is -0.525. The van der Waals surface area contributed by atoms with Crippen molar-refractivity contribution in [1.82, 2.24) is 4.90 Å². The van der Waals surface area contributed by atoms with Gasteiger partial charge in [-0.3, -0.25) is 19.3 Å². The van der Waals surface area contributed by atoms with Gasteiger partial charge in [0.15, 0.2) is 11.5 Å². The molecule has 0 radical (unpaired) electrons. The summed E-state index contributed by atoms with van der Waals surface area (Å²) in [5, 5.41) is 2.30. The molecule has 170 valence electrons. The molecule has 0 bridgehead atoms. The number of carbonyl (C=O) groups excluding carboxylic acids is 3. The second-order valence-corrected chi connectivity index (χ2v) is 9.27. The lowest BCUT2D eigenvalue weighted by molar-refractivity contribution is -0.127. The van der Waals surface area contributed by atoms with E-state index < -0.39 is 17.1 Å². The molecule has 1 aliphatic heterocycles. The van der Waals surface area contributed by atoms with Gasteiger partial charge in [0.2, 0.25) is 5.91 Å². The molecule has 7 nitrogen and oxygen atoms in total. The van der Waals surface area contributed by atoms with Gasteiger partial charge < -0.3 is 14.8 Å². The highest BCUT2D eigenvalue weighted by Gasteiger charge is 2.36. The maximum atomic E-state index is 12.8. The number of methoxy groups -OCH3 is 1. The molecule has 2 aromatic rings. The van der Waals surface area contributed by atoms with Crippen LogP contribution in [0, 0.1) is 29.8 Å². The van der Waals surface area contributed by atoms with Gasteiger partial charge in [0.05, 0.1) is 15.6 Å². The topological polar surface area (TPSA) is 84.9 Å². The number of hydrogen-bond donors (Lipinski definition) is 1. The van der Waals surface area contributed by atoms with Gasteiger partial charge in [-0.2, -0.15) is 0 Å². The highest BCUT2D eigenvalue weighted by Crippen LogP contribution is 2.37. The van der Waals surface area contributed by atoms with Gasteiger partial charge in [-0.05, 0) is 83.1 Å². The molecule has 1 aliphatic rings. The molecular formula is C24H21IN2O5S. The van der Waals surface area contributed by atoms with Crippen molar-refractivity contribution in [2.75, 3.05) is 25.6 Å². The number of rotatable bonds is 7. The third-order valence-electron chi connectivity index (χ3n) is 4.77. The number of nitrogens with zero attached hydrogens (tertiary/aromatic N) is 1. The zero-order chi connectivity index (χ0) is 24.1. The second kappa shape index (κ2) is 10.8. The van der Waals surface area contributed by atoms with Gasteiger partial charge in [-0.1, -0.05) is 24.1 Å². The van der Waals surface area contributed by atoms with E-state index in [0.717, 1.165) is 31.4 Å². The zero-order valence-corrected chi connectivity index (χ0v) is 21.2. The van der Waals surface area contributed by atoms with Crippen LogP contribution in [0.1, 0.15) is 16.7 Å². The van der Waals surface area contributed by atoms with Crippen molar-refractivity contribution in [2.45, 2.75) is 13.8 Å². The van der Waals surface area contributed by atoms with Crippen molar-refractivity contribution in [3.8, 4) is 23.8 Å². The van der Waals surface area contributed by atoms with Crippen molar-refractivity contribution >= 4 is 63.2 Å². The first-order valence-electron chi connectivity index (χ1n) is 9.80. The first-order valence-corrected chi connectivity index (χ1v) is 11.7. The molecule has 0 atom stereocenters. The summed E-state index contributed by atoms with van der Waals surface area (Å²) in [7, 11) is 1.50. The van der Waals surface area contributed by atoms with Crippen molar-refractivity contribution in [1.29, 1.82) is 0 Å². The van der Waals surface area contributed by atoms with Crippen LogP contribution >= 0.6 is 34.4 Å². The van der Waals surface area contributed by atoms with Crippen LogP contribution in [0.5, 0.6) is 11.5 Å². The molecule has 1 N–H and O–H groups in total. The smallest absolute Gasteiger partial charge is 0.294 e. The Morgan fingerprint density at radius 3 is 2.61 bits per heavy atom. The summed E-state index contributed by atoms with van der Waals surface area (Å²) in [5.41, 5.74) is 3.12. The normalized spacial score (nSPS) is 14.4. The maximum Gasteiger partial charge on any atom is 0.294 e. The Balaban J connectivity index is 1.78. The summed E-state index contributed by atoms with van der Waals surface area (Å²) in [6.07, 6.45) is 6.84. The number of ether oxygens (including phenoxy) is 2. The van der Waals surface area contributed by atoms with Gasteiger partial charge in [-0.25, -0.2) is 0 Å². The summed E-state index contributed by atoms with van der Waals surface area (Å²) >= 11 is 2.87. The molecule has 3 rings (SSSR count). The summed E-state index contributed by atoms with van der Waals surface area (Å²) in [6, 6.07) is 9.13. The fourth-order valence-electron chi connectivity index (χ4n) is 3.20. The molecule has 0 aromatic heterocycles. The van der Waals surface area contributed by atoms with Gasteiger partial charge in [0.1, 0.15) is 13.2 Å². The fourth-order valence-corrected chi connectivity index (χ4v) is 4.82. The SMILES string of the molecule is C#CCOc1c(I)cc(/C=C2/SC(=O)N(CC(=O)Nc3c(C)cccc3C)C2=O)cc1OC. The summed E-state index contributed by atoms with van der Waals surface area (Å²) in [5.74, 6) is 2.39. The predicted octanol–water partition coefficient (Wildman–Crippen LogP) is 4.60. The lowest BCUT2D eigenvalue weighted by Crippen LogP contribution is -2.36. The third-order valence-corrected chi connectivity index (χ3v) is 6.48. The number of anilines is 1. The van der Waals surface area contributed by atoms with Gasteiger partial charge in [0, 0.05) is 5.69 Å². The van der Waals surface area contributed by atoms with Gasteiger partial charge in [0.25, 0.3) is 11.1 Å². The number of para-hydroxylation sites is 1. The van der Waals surface area contributed by atoms with Gasteiger partial charge in [-0.15, -0.1) is 6.42 Å². The van der Waals surface area contributed by atoms with E-state index >= 15 is 0 Å². The molecule has 9 heteroatoms. The largest absolute Gasteiger partial charge is 0.493 e. The number of nitrogens with one attached hydrogen (secondary N) is 1. The number of thioether (sulfide) groups is 1. The Labute approximate surface area is 210 Å². The van der Waals surface area contributed by atoms with Gasteiger partial charge >= 0.3 is 0 Å². The number of hydrogen-bond acceptors (Lipinski definition) is 6. The van der Waals surface area contributed by atoms with Crippen LogP contribution in [0.3, 0.4) is 0 Å². The minimum Gasteiger partial charge on any atom is -0.493 e. The molecule has 1 heterocycles. The lowest BCUT2D eigenvalue weighted by atomic mass is 10.1. The number of aryl methyl sites for hydroxylation is 2. The fraction of sp³-hybridized carbons (Fsp3) is 0.208. The van der Waals surface area contributed by atoms with E-state index in [2.05, 4.69) is 33.8 Å². The third kappa shape index (κ3) is 5.69. The van der Waals surface area contributed by atoms with Crippen LogP contribution in [-0.2, 0) is 9.59 Å². The highest BCUT2D eigenvalue weighted by atomic mass is 127. The maximum absolute atomic E-state index is 12.8. The number of benzene rings is 2. The molecular weight excluding hydrogens is 555 g/mol. The average Bonchev–Trinajstić information content (AvgIpc) is 3.02.